The van der Waals surface area contributed by atoms with Crippen molar-refractivity contribution in [2.75, 3.05) is 28.6 Å². The molecule has 0 spiro atoms. The number of aromatic amines is 1. The minimum Gasteiger partial charge on any atom is -0.372 e. The summed E-state index contributed by atoms with van der Waals surface area (Å²) in [7, 11) is 0. The van der Waals surface area contributed by atoms with Crippen molar-refractivity contribution in [1.82, 2.24) is 9.97 Å². The average molecular weight is 432 g/mol. The summed E-state index contributed by atoms with van der Waals surface area (Å²) in [6.07, 6.45) is 5.28. The van der Waals surface area contributed by atoms with Crippen molar-refractivity contribution in [3.8, 4) is 11.3 Å². The third kappa shape index (κ3) is 5.17. The van der Waals surface area contributed by atoms with Gasteiger partial charge in [0.2, 0.25) is 0 Å². The van der Waals surface area contributed by atoms with Crippen molar-refractivity contribution >= 4 is 23.1 Å². The molecule has 3 heterocycles. The van der Waals surface area contributed by atoms with Gasteiger partial charge in [-0.15, -0.1) is 0 Å². The van der Waals surface area contributed by atoms with Gasteiger partial charge in [0.25, 0.3) is 11.5 Å². The molecular weight excluding hydrogens is 402 g/mol. The fourth-order valence-corrected chi connectivity index (χ4v) is 3.87. The highest BCUT2D eigenvalue weighted by molar-refractivity contribution is 6.04. The summed E-state index contributed by atoms with van der Waals surface area (Å²) in [5.74, 6) is 0.434. The quantitative estimate of drug-likeness (QED) is 0.535. The maximum atomic E-state index is 12.8. The SMILES string of the molecule is CC(C)Nc1cccc(-c2c[nH]c(=O)c(NC(=O)c3ccc(N4CCCCC4)cc3)c2)n1. The molecule has 0 unspecified atom stereocenters. The molecule has 166 valence electrons. The molecule has 1 aromatic carbocycles. The Bertz CT molecular complexity index is 1130. The number of amides is 1. The molecule has 7 nitrogen and oxygen atoms in total. The lowest BCUT2D eigenvalue weighted by atomic mass is 10.1. The molecule has 2 aromatic heterocycles. The van der Waals surface area contributed by atoms with Crippen molar-refractivity contribution in [1.29, 1.82) is 0 Å². The van der Waals surface area contributed by atoms with Crippen LogP contribution in [-0.4, -0.2) is 35.0 Å². The predicted octanol–water partition coefficient (Wildman–Crippen LogP) is 4.50. The summed E-state index contributed by atoms with van der Waals surface area (Å²) in [6, 6.07) is 15.1. The topological polar surface area (TPSA) is 90.1 Å². The van der Waals surface area contributed by atoms with E-state index in [4.69, 9.17) is 0 Å². The van der Waals surface area contributed by atoms with Gasteiger partial charge in [0.1, 0.15) is 11.5 Å². The summed E-state index contributed by atoms with van der Waals surface area (Å²) >= 11 is 0. The molecule has 4 rings (SSSR count). The van der Waals surface area contributed by atoms with E-state index >= 15 is 0 Å². The van der Waals surface area contributed by atoms with Gasteiger partial charge in [-0.25, -0.2) is 4.98 Å². The molecule has 1 aliphatic rings. The molecule has 1 amide bonds. The van der Waals surface area contributed by atoms with Gasteiger partial charge in [-0.1, -0.05) is 6.07 Å². The first kappa shape index (κ1) is 21.6. The van der Waals surface area contributed by atoms with Crippen LogP contribution in [0.3, 0.4) is 0 Å². The molecule has 32 heavy (non-hydrogen) atoms. The first-order valence-electron chi connectivity index (χ1n) is 11.1. The number of pyridine rings is 2. The molecule has 0 saturated carbocycles. The third-order valence-electron chi connectivity index (χ3n) is 5.48. The zero-order valence-corrected chi connectivity index (χ0v) is 18.5. The number of carbonyl (C=O) groups is 1. The standard InChI is InChI=1S/C25H29N5O2/c1-17(2)27-23-8-6-7-21(28-23)19-15-22(25(32)26-16-19)29-24(31)18-9-11-20(12-10-18)30-13-4-3-5-14-30/h6-12,15-17H,3-5,13-14H2,1-2H3,(H,26,32)(H,27,28)(H,29,31). The van der Waals surface area contributed by atoms with Gasteiger partial charge in [-0.05, 0) is 75.6 Å². The van der Waals surface area contributed by atoms with Gasteiger partial charge in [-0.2, -0.15) is 0 Å². The zero-order chi connectivity index (χ0) is 22.5. The van der Waals surface area contributed by atoms with E-state index in [0.717, 1.165) is 24.6 Å². The smallest absolute Gasteiger partial charge is 0.271 e. The fraction of sp³-hybridized carbons (Fsp3) is 0.320. The maximum Gasteiger partial charge on any atom is 0.271 e. The summed E-state index contributed by atoms with van der Waals surface area (Å²) in [5.41, 5.74) is 2.89. The Morgan fingerprint density at radius 3 is 2.53 bits per heavy atom. The van der Waals surface area contributed by atoms with Crippen LogP contribution in [0, 0.1) is 0 Å². The van der Waals surface area contributed by atoms with E-state index in [1.165, 1.54) is 19.3 Å². The van der Waals surface area contributed by atoms with E-state index in [1.807, 2.05) is 44.2 Å². The fourth-order valence-electron chi connectivity index (χ4n) is 3.87. The van der Waals surface area contributed by atoms with Gasteiger partial charge in [0.15, 0.2) is 0 Å². The Morgan fingerprint density at radius 2 is 1.81 bits per heavy atom. The highest BCUT2D eigenvalue weighted by Gasteiger charge is 2.14. The summed E-state index contributed by atoms with van der Waals surface area (Å²) < 4.78 is 0. The number of rotatable bonds is 6. The number of nitrogens with zero attached hydrogens (tertiary/aromatic N) is 2. The predicted molar refractivity (Wildman–Crippen MR) is 130 cm³/mol. The van der Waals surface area contributed by atoms with Crippen molar-refractivity contribution in [2.24, 2.45) is 0 Å². The highest BCUT2D eigenvalue weighted by Crippen LogP contribution is 2.22. The van der Waals surface area contributed by atoms with E-state index < -0.39 is 0 Å². The van der Waals surface area contributed by atoms with Crippen LogP contribution in [0.4, 0.5) is 17.2 Å². The molecule has 0 radical (unpaired) electrons. The normalized spacial score (nSPS) is 13.8. The lowest BCUT2D eigenvalue weighted by Gasteiger charge is -2.28. The van der Waals surface area contributed by atoms with Gasteiger partial charge in [0.05, 0.1) is 5.69 Å². The molecule has 0 bridgehead atoms. The van der Waals surface area contributed by atoms with Crippen LogP contribution in [0.1, 0.15) is 43.5 Å². The number of anilines is 3. The Kier molecular flexibility index (Phi) is 6.54. The molecular formula is C25H29N5O2. The summed E-state index contributed by atoms with van der Waals surface area (Å²) in [5, 5.41) is 6.01. The molecule has 3 N–H and O–H groups in total. The van der Waals surface area contributed by atoms with Crippen LogP contribution in [0.2, 0.25) is 0 Å². The molecule has 7 heteroatoms. The number of hydrogen-bond acceptors (Lipinski definition) is 5. The number of benzene rings is 1. The van der Waals surface area contributed by atoms with Gasteiger partial charge in [0, 0.05) is 42.1 Å². The van der Waals surface area contributed by atoms with E-state index in [1.54, 1.807) is 24.4 Å². The number of H-pyrrole nitrogens is 1. The minimum atomic E-state index is -0.358. The summed E-state index contributed by atoms with van der Waals surface area (Å²) in [4.78, 5) is 34.7. The number of piperidine rings is 1. The van der Waals surface area contributed by atoms with Crippen molar-refractivity contribution in [3.63, 3.8) is 0 Å². The number of carbonyl (C=O) groups excluding carboxylic acids is 1. The average Bonchev–Trinajstić information content (AvgIpc) is 2.81. The van der Waals surface area contributed by atoms with Crippen molar-refractivity contribution in [2.45, 2.75) is 39.2 Å². The summed E-state index contributed by atoms with van der Waals surface area (Å²) in [6.45, 7) is 6.19. The van der Waals surface area contributed by atoms with Crippen LogP contribution in [0.15, 0.2) is 59.5 Å². The van der Waals surface area contributed by atoms with Crippen LogP contribution in [0.5, 0.6) is 0 Å². The van der Waals surface area contributed by atoms with E-state index in [2.05, 4.69) is 25.5 Å². The molecule has 0 atom stereocenters. The maximum absolute atomic E-state index is 12.8. The van der Waals surface area contributed by atoms with E-state index in [0.29, 0.717) is 16.8 Å². The minimum absolute atomic E-state index is 0.191. The monoisotopic (exact) mass is 431 g/mol. The molecule has 3 aromatic rings. The molecule has 0 aliphatic carbocycles. The number of hydrogen-bond donors (Lipinski definition) is 3. The molecule has 1 fully saturated rings. The van der Waals surface area contributed by atoms with Crippen molar-refractivity contribution in [3.05, 3.63) is 70.6 Å². The van der Waals surface area contributed by atoms with Gasteiger partial charge in [-0.3, -0.25) is 9.59 Å². The van der Waals surface area contributed by atoms with Gasteiger partial charge >= 0.3 is 0 Å². The number of aromatic nitrogens is 2. The lowest BCUT2D eigenvalue weighted by molar-refractivity contribution is 0.102. The first-order chi connectivity index (χ1) is 15.5. The zero-order valence-electron chi connectivity index (χ0n) is 18.5. The van der Waals surface area contributed by atoms with Crippen LogP contribution in [0.25, 0.3) is 11.3 Å². The second kappa shape index (κ2) is 9.68. The third-order valence-corrected chi connectivity index (χ3v) is 5.48. The first-order valence-corrected chi connectivity index (χ1v) is 11.1. The Morgan fingerprint density at radius 1 is 1.06 bits per heavy atom. The highest BCUT2D eigenvalue weighted by atomic mass is 16.2. The Labute approximate surface area is 187 Å². The lowest BCUT2D eigenvalue weighted by Crippen LogP contribution is -2.29. The number of nitrogens with one attached hydrogen (secondary N) is 3. The second-order valence-electron chi connectivity index (χ2n) is 8.39. The van der Waals surface area contributed by atoms with E-state index in [9.17, 15) is 9.59 Å². The molecule has 1 saturated heterocycles. The van der Waals surface area contributed by atoms with Crippen molar-refractivity contribution < 1.29 is 4.79 Å². The molecule has 1 aliphatic heterocycles. The Balaban J connectivity index is 1.50. The van der Waals surface area contributed by atoms with Crippen LogP contribution in [-0.2, 0) is 0 Å². The van der Waals surface area contributed by atoms with Crippen LogP contribution < -0.4 is 21.1 Å². The largest absolute Gasteiger partial charge is 0.372 e. The second-order valence-corrected chi connectivity index (χ2v) is 8.39. The Hall–Kier alpha value is -3.61. The van der Waals surface area contributed by atoms with Gasteiger partial charge < -0.3 is 20.5 Å². The van der Waals surface area contributed by atoms with Crippen LogP contribution >= 0.6 is 0 Å². The van der Waals surface area contributed by atoms with E-state index in [-0.39, 0.29) is 23.2 Å².